The Bertz CT molecular complexity index is 766. The van der Waals surface area contributed by atoms with Crippen LogP contribution < -0.4 is 15.5 Å². The van der Waals surface area contributed by atoms with E-state index in [1.54, 1.807) is 0 Å². The number of hydrogen-bond acceptors (Lipinski definition) is 3. The molecule has 2 aromatic carbocycles. The van der Waals surface area contributed by atoms with E-state index in [2.05, 4.69) is 34.9 Å². The molecule has 0 fully saturated rings. The lowest BCUT2D eigenvalue weighted by atomic mass is 10.1. The van der Waals surface area contributed by atoms with Gasteiger partial charge in [-0.15, -0.1) is 0 Å². The molecule has 5 nitrogen and oxygen atoms in total. The molecule has 0 aliphatic carbocycles. The molecule has 0 aliphatic heterocycles. The number of benzene rings is 2. The van der Waals surface area contributed by atoms with Crippen LogP contribution in [0.5, 0.6) is 0 Å². The Kier molecular flexibility index (Phi) is 6.35. The largest absolute Gasteiger partial charge is 0.378 e. The summed E-state index contributed by atoms with van der Waals surface area (Å²) in [5.74, 6) is -0.511. The van der Waals surface area contributed by atoms with Gasteiger partial charge in [0.2, 0.25) is 0 Å². The van der Waals surface area contributed by atoms with Gasteiger partial charge in [-0.05, 0) is 48.7 Å². The average molecular weight is 340 g/mol. The van der Waals surface area contributed by atoms with Crippen molar-refractivity contribution in [2.24, 2.45) is 0 Å². The number of amides is 2. The predicted octanol–water partition coefficient (Wildman–Crippen LogP) is 3.52. The zero-order valence-electron chi connectivity index (χ0n) is 14.3. The van der Waals surface area contributed by atoms with Gasteiger partial charge in [0.1, 0.15) is 11.9 Å². The summed E-state index contributed by atoms with van der Waals surface area (Å²) in [4.78, 5) is 13.9. The Balaban J connectivity index is 1.76. The average Bonchev–Trinajstić information content (AvgIpc) is 2.60. The fourth-order valence-corrected chi connectivity index (χ4v) is 2.34. The molecule has 130 valence electrons. The normalized spacial score (nSPS) is 10.0. The van der Waals surface area contributed by atoms with Crippen LogP contribution in [0.3, 0.4) is 0 Å². The summed E-state index contributed by atoms with van der Waals surface area (Å²) in [6.45, 7) is 0.504. The van der Waals surface area contributed by atoms with Crippen LogP contribution in [0.25, 0.3) is 0 Å². The SMILES string of the molecule is CN(C)c1ccc(CCCNC(=O)Nc2ccc(F)cc2C#N)cc1. The summed E-state index contributed by atoms with van der Waals surface area (Å²) < 4.78 is 13.1. The van der Waals surface area contributed by atoms with Crippen molar-refractivity contribution in [3.8, 4) is 6.07 Å². The van der Waals surface area contributed by atoms with Crippen molar-refractivity contribution in [3.05, 3.63) is 59.4 Å². The first-order chi connectivity index (χ1) is 12.0. The highest BCUT2D eigenvalue weighted by Crippen LogP contribution is 2.16. The predicted molar refractivity (Wildman–Crippen MR) is 97.2 cm³/mol. The molecule has 0 radical (unpaired) electrons. The zero-order valence-corrected chi connectivity index (χ0v) is 14.3. The Morgan fingerprint density at radius 2 is 1.92 bits per heavy atom. The van der Waals surface area contributed by atoms with Gasteiger partial charge in [-0.25, -0.2) is 9.18 Å². The minimum Gasteiger partial charge on any atom is -0.378 e. The minimum atomic E-state index is -0.511. The molecule has 0 saturated heterocycles. The maximum atomic E-state index is 13.1. The first kappa shape index (κ1) is 18.3. The van der Waals surface area contributed by atoms with Gasteiger partial charge in [0, 0.05) is 26.3 Å². The van der Waals surface area contributed by atoms with E-state index in [9.17, 15) is 9.18 Å². The summed E-state index contributed by atoms with van der Waals surface area (Å²) in [5, 5.41) is 14.3. The quantitative estimate of drug-likeness (QED) is 0.791. The van der Waals surface area contributed by atoms with Crippen LogP contribution in [-0.4, -0.2) is 26.7 Å². The van der Waals surface area contributed by atoms with E-state index in [4.69, 9.17) is 5.26 Å². The number of carbonyl (C=O) groups excluding carboxylic acids is 1. The lowest BCUT2D eigenvalue weighted by Crippen LogP contribution is -2.30. The Labute approximate surface area is 147 Å². The summed E-state index contributed by atoms with van der Waals surface area (Å²) >= 11 is 0. The molecule has 0 bridgehead atoms. The number of carbonyl (C=O) groups is 1. The van der Waals surface area contributed by atoms with E-state index in [1.807, 2.05) is 25.1 Å². The molecule has 2 amide bonds. The van der Waals surface area contributed by atoms with Crippen LogP contribution in [0.1, 0.15) is 17.5 Å². The van der Waals surface area contributed by atoms with Gasteiger partial charge in [0.05, 0.1) is 11.3 Å². The highest BCUT2D eigenvalue weighted by Gasteiger charge is 2.07. The third-order valence-electron chi connectivity index (χ3n) is 3.73. The standard InChI is InChI=1S/C19H21FN4O/c1-24(2)17-8-5-14(6-9-17)4-3-11-22-19(25)23-18-10-7-16(20)12-15(18)13-21/h5-10,12H,3-4,11H2,1-2H3,(H2,22,23,25). The number of nitrogens with zero attached hydrogens (tertiary/aromatic N) is 2. The minimum absolute atomic E-state index is 0.0936. The maximum absolute atomic E-state index is 13.1. The van der Waals surface area contributed by atoms with Crippen LogP contribution in [-0.2, 0) is 6.42 Å². The van der Waals surface area contributed by atoms with Crippen molar-refractivity contribution < 1.29 is 9.18 Å². The molecule has 0 aliphatic rings. The molecule has 2 aromatic rings. The van der Waals surface area contributed by atoms with Gasteiger partial charge in [0.25, 0.3) is 0 Å². The lowest BCUT2D eigenvalue weighted by Gasteiger charge is -2.12. The lowest BCUT2D eigenvalue weighted by molar-refractivity contribution is 0.252. The Hall–Kier alpha value is -3.07. The highest BCUT2D eigenvalue weighted by atomic mass is 19.1. The fraction of sp³-hybridized carbons (Fsp3) is 0.263. The molecular weight excluding hydrogens is 319 g/mol. The molecule has 0 saturated carbocycles. The van der Waals surface area contributed by atoms with E-state index in [0.717, 1.165) is 24.6 Å². The second-order valence-corrected chi connectivity index (χ2v) is 5.85. The maximum Gasteiger partial charge on any atom is 0.319 e. The highest BCUT2D eigenvalue weighted by molar-refractivity contribution is 5.90. The molecule has 0 heterocycles. The van der Waals surface area contributed by atoms with Gasteiger partial charge in [-0.1, -0.05) is 12.1 Å². The zero-order chi connectivity index (χ0) is 18.2. The van der Waals surface area contributed by atoms with E-state index < -0.39 is 11.8 Å². The van der Waals surface area contributed by atoms with E-state index in [0.29, 0.717) is 12.2 Å². The Morgan fingerprint density at radius 3 is 2.56 bits per heavy atom. The van der Waals surface area contributed by atoms with E-state index in [1.165, 1.54) is 17.7 Å². The molecule has 0 spiro atoms. The van der Waals surface area contributed by atoms with Crippen molar-refractivity contribution in [3.63, 3.8) is 0 Å². The third-order valence-corrected chi connectivity index (χ3v) is 3.73. The number of urea groups is 1. The van der Waals surface area contributed by atoms with Crippen molar-refractivity contribution in [2.45, 2.75) is 12.8 Å². The molecule has 25 heavy (non-hydrogen) atoms. The summed E-state index contributed by atoms with van der Waals surface area (Å²) in [6.07, 6.45) is 1.65. The van der Waals surface area contributed by atoms with Crippen LogP contribution >= 0.6 is 0 Å². The van der Waals surface area contributed by atoms with Crippen LogP contribution in [0.4, 0.5) is 20.6 Å². The molecule has 0 unspecified atom stereocenters. The third kappa shape index (κ3) is 5.50. The second-order valence-electron chi connectivity index (χ2n) is 5.85. The fourth-order valence-electron chi connectivity index (χ4n) is 2.34. The molecule has 0 aromatic heterocycles. The molecule has 2 N–H and O–H groups in total. The number of hydrogen-bond donors (Lipinski definition) is 2. The van der Waals surface area contributed by atoms with Crippen molar-refractivity contribution in [1.82, 2.24) is 5.32 Å². The monoisotopic (exact) mass is 340 g/mol. The van der Waals surface area contributed by atoms with Crippen LogP contribution in [0, 0.1) is 17.1 Å². The van der Waals surface area contributed by atoms with Gasteiger partial charge < -0.3 is 15.5 Å². The second kappa shape index (κ2) is 8.69. The Morgan fingerprint density at radius 1 is 1.20 bits per heavy atom. The first-order valence-corrected chi connectivity index (χ1v) is 8.00. The number of rotatable bonds is 6. The first-order valence-electron chi connectivity index (χ1n) is 8.00. The van der Waals surface area contributed by atoms with Gasteiger partial charge in [-0.3, -0.25) is 0 Å². The number of anilines is 2. The van der Waals surface area contributed by atoms with Crippen molar-refractivity contribution >= 4 is 17.4 Å². The van der Waals surface area contributed by atoms with Crippen molar-refractivity contribution in [2.75, 3.05) is 30.9 Å². The van der Waals surface area contributed by atoms with Gasteiger partial charge in [0.15, 0.2) is 0 Å². The molecule has 6 heteroatoms. The van der Waals surface area contributed by atoms with E-state index >= 15 is 0 Å². The van der Waals surface area contributed by atoms with Crippen molar-refractivity contribution in [1.29, 1.82) is 5.26 Å². The summed E-state index contributed by atoms with van der Waals surface area (Å²) in [6, 6.07) is 13.4. The van der Waals surface area contributed by atoms with Gasteiger partial charge in [-0.2, -0.15) is 5.26 Å². The molecule has 2 rings (SSSR count). The number of aryl methyl sites for hydroxylation is 1. The van der Waals surface area contributed by atoms with Crippen LogP contribution in [0.2, 0.25) is 0 Å². The number of nitrogens with one attached hydrogen (secondary N) is 2. The van der Waals surface area contributed by atoms with E-state index in [-0.39, 0.29) is 5.56 Å². The molecular formula is C19H21FN4O. The van der Waals surface area contributed by atoms with Gasteiger partial charge >= 0.3 is 6.03 Å². The summed E-state index contributed by atoms with van der Waals surface area (Å²) in [5.41, 5.74) is 2.74. The number of halogens is 1. The smallest absolute Gasteiger partial charge is 0.319 e. The topological polar surface area (TPSA) is 68.2 Å². The number of nitriles is 1. The molecule has 0 atom stereocenters. The summed E-state index contributed by atoms with van der Waals surface area (Å²) in [7, 11) is 3.99. The van der Waals surface area contributed by atoms with Crippen LogP contribution in [0.15, 0.2) is 42.5 Å².